The van der Waals surface area contributed by atoms with E-state index in [1.54, 1.807) is 19.1 Å². The van der Waals surface area contributed by atoms with Crippen LogP contribution in [-0.4, -0.2) is 17.4 Å². The van der Waals surface area contributed by atoms with Gasteiger partial charge in [-0.15, -0.1) is 0 Å². The van der Waals surface area contributed by atoms with Gasteiger partial charge >= 0.3 is 0 Å². The molecule has 1 aromatic rings. The molecule has 0 saturated heterocycles. The number of amides is 1. The lowest BCUT2D eigenvalue weighted by Crippen LogP contribution is -2.26. The highest BCUT2D eigenvalue weighted by Crippen LogP contribution is 2.12. The van der Waals surface area contributed by atoms with Crippen molar-refractivity contribution in [3.63, 3.8) is 0 Å². The topological polar surface area (TPSA) is 68.0 Å². The zero-order chi connectivity index (χ0) is 10.6. The molecule has 0 fully saturated rings. The molecule has 1 amide bonds. The SMILES string of the molecule is CC(CN)C(=O)Nc1cc(Cl)ccn1. The second-order valence-electron chi connectivity index (χ2n) is 2.99. The van der Waals surface area contributed by atoms with E-state index in [0.29, 0.717) is 17.4 Å². The Morgan fingerprint density at radius 2 is 2.50 bits per heavy atom. The summed E-state index contributed by atoms with van der Waals surface area (Å²) in [5.41, 5.74) is 5.35. The normalized spacial score (nSPS) is 12.2. The van der Waals surface area contributed by atoms with E-state index in [-0.39, 0.29) is 11.8 Å². The van der Waals surface area contributed by atoms with Gasteiger partial charge < -0.3 is 11.1 Å². The van der Waals surface area contributed by atoms with Gasteiger partial charge in [0.05, 0.1) is 0 Å². The van der Waals surface area contributed by atoms with Crippen molar-refractivity contribution in [2.45, 2.75) is 6.92 Å². The molecular formula is C9H12ClN3O. The van der Waals surface area contributed by atoms with Gasteiger partial charge in [-0.05, 0) is 12.1 Å². The Hall–Kier alpha value is -1.13. The van der Waals surface area contributed by atoms with Gasteiger partial charge in [0.25, 0.3) is 0 Å². The van der Waals surface area contributed by atoms with Gasteiger partial charge in [0, 0.05) is 23.7 Å². The molecule has 0 spiro atoms. The van der Waals surface area contributed by atoms with Gasteiger partial charge in [-0.1, -0.05) is 18.5 Å². The van der Waals surface area contributed by atoms with E-state index in [2.05, 4.69) is 10.3 Å². The molecule has 1 aromatic heterocycles. The Balaban J connectivity index is 2.65. The molecular weight excluding hydrogens is 202 g/mol. The van der Waals surface area contributed by atoms with Crippen LogP contribution >= 0.6 is 11.6 Å². The number of pyridine rings is 1. The van der Waals surface area contributed by atoms with E-state index in [1.807, 2.05) is 0 Å². The quantitative estimate of drug-likeness (QED) is 0.795. The number of anilines is 1. The third kappa shape index (κ3) is 2.97. The minimum absolute atomic E-state index is 0.151. The van der Waals surface area contributed by atoms with E-state index < -0.39 is 0 Å². The highest BCUT2D eigenvalue weighted by molar-refractivity contribution is 6.30. The van der Waals surface area contributed by atoms with Crippen molar-refractivity contribution in [3.8, 4) is 0 Å². The van der Waals surface area contributed by atoms with E-state index in [9.17, 15) is 4.79 Å². The molecule has 14 heavy (non-hydrogen) atoms. The van der Waals surface area contributed by atoms with Crippen molar-refractivity contribution < 1.29 is 4.79 Å². The molecule has 76 valence electrons. The van der Waals surface area contributed by atoms with Crippen molar-refractivity contribution in [2.24, 2.45) is 11.7 Å². The first-order valence-electron chi connectivity index (χ1n) is 4.26. The molecule has 1 unspecified atom stereocenters. The van der Waals surface area contributed by atoms with Crippen LogP contribution in [0.25, 0.3) is 0 Å². The minimum Gasteiger partial charge on any atom is -0.330 e. The fraction of sp³-hybridized carbons (Fsp3) is 0.333. The second-order valence-corrected chi connectivity index (χ2v) is 3.42. The van der Waals surface area contributed by atoms with Crippen LogP contribution in [0, 0.1) is 5.92 Å². The van der Waals surface area contributed by atoms with Crippen LogP contribution in [0.15, 0.2) is 18.3 Å². The molecule has 0 aliphatic heterocycles. The maximum atomic E-state index is 11.4. The lowest BCUT2D eigenvalue weighted by molar-refractivity contribution is -0.119. The van der Waals surface area contributed by atoms with E-state index in [0.717, 1.165) is 0 Å². The summed E-state index contributed by atoms with van der Waals surface area (Å²) in [6.07, 6.45) is 1.53. The number of carbonyl (C=O) groups is 1. The monoisotopic (exact) mass is 213 g/mol. The summed E-state index contributed by atoms with van der Waals surface area (Å²) in [4.78, 5) is 15.3. The fourth-order valence-corrected chi connectivity index (χ4v) is 0.989. The van der Waals surface area contributed by atoms with Crippen molar-refractivity contribution in [1.29, 1.82) is 0 Å². The Kier molecular flexibility index (Phi) is 3.85. The Bertz CT molecular complexity index is 330. The first-order valence-corrected chi connectivity index (χ1v) is 4.63. The molecule has 5 heteroatoms. The largest absolute Gasteiger partial charge is 0.330 e. The molecule has 1 atom stereocenters. The molecule has 0 radical (unpaired) electrons. The Morgan fingerprint density at radius 1 is 1.79 bits per heavy atom. The van der Waals surface area contributed by atoms with Gasteiger partial charge in [0.2, 0.25) is 5.91 Å². The molecule has 1 rings (SSSR count). The molecule has 3 N–H and O–H groups in total. The van der Waals surface area contributed by atoms with Crippen LogP contribution < -0.4 is 11.1 Å². The number of hydrogen-bond acceptors (Lipinski definition) is 3. The van der Waals surface area contributed by atoms with Gasteiger partial charge in [-0.2, -0.15) is 0 Å². The summed E-state index contributed by atoms with van der Waals surface area (Å²) in [7, 11) is 0. The summed E-state index contributed by atoms with van der Waals surface area (Å²) in [6.45, 7) is 2.06. The predicted molar refractivity (Wildman–Crippen MR) is 56.1 cm³/mol. The maximum Gasteiger partial charge on any atom is 0.229 e. The zero-order valence-electron chi connectivity index (χ0n) is 7.83. The van der Waals surface area contributed by atoms with Crippen molar-refractivity contribution in [2.75, 3.05) is 11.9 Å². The number of aromatic nitrogens is 1. The number of nitrogens with one attached hydrogen (secondary N) is 1. The molecule has 0 bridgehead atoms. The van der Waals surface area contributed by atoms with Crippen LogP contribution in [0.2, 0.25) is 5.02 Å². The van der Waals surface area contributed by atoms with Gasteiger partial charge in [0.15, 0.2) is 0 Å². The first-order chi connectivity index (χ1) is 6.63. The molecule has 0 saturated carbocycles. The third-order valence-corrected chi connectivity index (χ3v) is 2.01. The number of halogens is 1. The number of nitrogens with two attached hydrogens (primary N) is 1. The van der Waals surface area contributed by atoms with E-state index in [4.69, 9.17) is 17.3 Å². The minimum atomic E-state index is -0.226. The number of carbonyl (C=O) groups excluding carboxylic acids is 1. The molecule has 0 aliphatic rings. The van der Waals surface area contributed by atoms with Crippen LogP contribution in [0.4, 0.5) is 5.82 Å². The molecule has 0 aliphatic carbocycles. The Morgan fingerprint density at radius 3 is 3.07 bits per heavy atom. The highest BCUT2D eigenvalue weighted by Gasteiger charge is 2.11. The van der Waals surface area contributed by atoms with Gasteiger partial charge in [0.1, 0.15) is 5.82 Å². The summed E-state index contributed by atoms with van der Waals surface area (Å²) >= 11 is 5.73. The van der Waals surface area contributed by atoms with Gasteiger partial charge in [-0.3, -0.25) is 4.79 Å². The summed E-state index contributed by atoms with van der Waals surface area (Å²) < 4.78 is 0. The average Bonchev–Trinajstić information content (AvgIpc) is 2.16. The van der Waals surface area contributed by atoms with Crippen LogP contribution in [-0.2, 0) is 4.79 Å². The van der Waals surface area contributed by atoms with Crippen molar-refractivity contribution in [3.05, 3.63) is 23.4 Å². The van der Waals surface area contributed by atoms with Crippen LogP contribution in [0.1, 0.15) is 6.92 Å². The molecule has 0 aromatic carbocycles. The van der Waals surface area contributed by atoms with Gasteiger partial charge in [-0.25, -0.2) is 4.98 Å². The predicted octanol–water partition coefficient (Wildman–Crippen LogP) is 1.27. The number of rotatable bonds is 3. The number of hydrogen-bond donors (Lipinski definition) is 2. The fourth-order valence-electron chi connectivity index (χ4n) is 0.830. The van der Waals surface area contributed by atoms with Crippen molar-refractivity contribution >= 4 is 23.3 Å². The third-order valence-electron chi connectivity index (χ3n) is 1.77. The first kappa shape index (κ1) is 10.9. The molecule has 1 heterocycles. The van der Waals surface area contributed by atoms with Crippen LogP contribution in [0.3, 0.4) is 0 Å². The van der Waals surface area contributed by atoms with Crippen molar-refractivity contribution in [1.82, 2.24) is 4.98 Å². The Labute approximate surface area is 87.5 Å². The maximum absolute atomic E-state index is 11.4. The summed E-state index contributed by atoms with van der Waals surface area (Å²) in [6, 6.07) is 3.23. The van der Waals surface area contributed by atoms with E-state index in [1.165, 1.54) is 6.20 Å². The second kappa shape index (κ2) is 4.93. The standard InChI is InChI=1S/C9H12ClN3O/c1-6(5-11)9(14)13-8-4-7(10)2-3-12-8/h2-4,6H,5,11H2,1H3,(H,12,13,14). The number of nitrogens with zero attached hydrogens (tertiary/aromatic N) is 1. The average molecular weight is 214 g/mol. The highest BCUT2D eigenvalue weighted by atomic mass is 35.5. The van der Waals surface area contributed by atoms with E-state index >= 15 is 0 Å². The zero-order valence-corrected chi connectivity index (χ0v) is 8.58. The lowest BCUT2D eigenvalue weighted by Gasteiger charge is -2.08. The smallest absolute Gasteiger partial charge is 0.229 e. The summed E-state index contributed by atoms with van der Waals surface area (Å²) in [5, 5.41) is 3.16. The lowest BCUT2D eigenvalue weighted by atomic mass is 10.2. The summed E-state index contributed by atoms with van der Waals surface area (Å²) in [5.74, 6) is 0.0702. The van der Waals surface area contributed by atoms with Crippen LogP contribution in [0.5, 0.6) is 0 Å². The molecule has 4 nitrogen and oxygen atoms in total.